The summed E-state index contributed by atoms with van der Waals surface area (Å²) >= 11 is 0. The van der Waals surface area contributed by atoms with Crippen molar-refractivity contribution in [2.24, 2.45) is 30.4 Å². The highest BCUT2D eigenvalue weighted by Gasteiger charge is 2.24. The van der Waals surface area contributed by atoms with Crippen molar-refractivity contribution in [3.05, 3.63) is 36.0 Å². The Hall–Kier alpha value is -1.32. The second-order valence-electron chi connectivity index (χ2n) is 5.38. The molecule has 2 aromatic rings. The summed E-state index contributed by atoms with van der Waals surface area (Å²) in [6, 6.07) is 8.38. The molecule has 18 heavy (non-hydrogen) atoms. The number of nitrogens with two attached hydrogens (primary N) is 2. The Morgan fingerprint density at radius 2 is 1.89 bits per heavy atom. The van der Waals surface area contributed by atoms with Gasteiger partial charge in [-0.2, -0.15) is 0 Å². The number of aryl methyl sites for hydroxylation is 1. The number of aromatic nitrogens is 1. The van der Waals surface area contributed by atoms with E-state index in [4.69, 9.17) is 11.5 Å². The highest BCUT2D eigenvalue weighted by Crippen LogP contribution is 2.31. The first kappa shape index (κ1) is 13.1. The number of rotatable bonds is 4. The first-order chi connectivity index (χ1) is 8.56. The summed E-state index contributed by atoms with van der Waals surface area (Å²) < 4.78 is 2.14. The van der Waals surface area contributed by atoms with Gasteiger partial charge in [-0.1, -0.05) is 32.0 Å². The predicted octanol–water partition coefficient (Wildman–Crippen LogP) is 2.41. The lowest BCUT2D eigenvalue weighted by Crippen LogP contribution is -2.31. The molecule has 2 rings (SSSR count). The lowest BCUT2D eigenvalue weighted by molar-refractivity contribution is 0.332. The van der Waals surface area contributed by atoms with Gasteiger partial charge in [0, 0.05) is 30.2 Å². The van der Waals surface area contributed by atoms with Gasteiger partial charge in [0.1, 0.15) is 0 Å². The molecule has 0 spiro atoms. The predicted molar refractivity (Wildman–Crippen MR) is 77.2 cm³/mol. The topological polar surface area (TPSA) is 57.0 Å². The molecule has 0 aliphatic heterocycles. The van der Waals surface area contributed by atoms with Crippen molar-refractivity contribution in [2.75, 3.05) is 6.54 Å². The fourth-order valence-electron chi connectivity index (χ4n) is 2.70. The molecular formula is C15H23N3. The summed E-state index contributed by atoms with van der Waals surface area (Å²) in [6.07, 6.45) is 2.14. The highest BCUT2D eigenvalue weighted by molar-refractivity contribution is 5.84. The Bertz CT molecular complexity index is 528. The standard InChI is InChI=1S/C15H23N3/c1-10(2)12(8-16)15(17)13-9-18(3)14-7-5-4-6-11(13)14/h4-7,9-10,12,15H,8,16-17H2,1-3H3. The normalized spacial score (nSPS) is 15.2. The Balaban J connectivity index is 2.47. The minimum Gasteiger partial charge on any atom is -0.350 e. The van der Waals surface area contributed by atoms with Gasteiger partial charge in [0.2, 0.25) is 0 Å². The molecule has 4 N–H and O–H groups in total. The number of hydrogen-bond donors (Lipinski definition) is 2. The van der Waals surface area contributed by atoms with Crippen molar-refractivity contribution in [3.8, 4) is 0 Å². The number of nitrogens with zero attached hydrogens (tertiary/aromatic N) is 1. The van der Waals surface area contributed by atoms with Crippen LogP contribution in [0.25, 0.3) is 10.9 Å². The van der Waals surface area contributed by atoms with E-state index in [1.807, 2.05) is 0 Å². The molecule has 3 heteroatoms. The molecular weight excluding hydrogens is 222 g/mol. The van der Waals surface area contributed by atoms with Gasteiger partial charge in [0.15, 0.2) is 0 Å². The van der Waals surface area contributed by atoms with Gasteiger partial charge in [-0.05, 0) is 30.0 Å². The zero-order chi connectivity index (χ0) is 13.3. The van der Waals surface area contributed by atoms with E-state index in [-0.39, 0.29) is 6.04 Å². The third-order valence-corrected chi connectivity index (χ3v) is 3.88. The molecule has 1 heterocycles. The van der Waals surface area contributed by atoms with E-state index in [0.29, 0.717) is 18.4 Å². The molecule has 0 saturated heterocycles. The van der Waals surface area contributed by atoms with E-state index >= 15 is 0 Å². The summed E-state index contributed by atoms with van der Waals surface area (Å²) in [4.78, 5) is 0. The molecule has 0 fully saturated rings. The fourth-order valence-corrected chi connectivity index (χ4v) is 2.70. The average Bonchev–Trinajstić information content (AvgIpc) is 2.68. The minimum absolute atomic E-state index is 0.00102. The number of para-hydroxylation sites is 1. The van der Waals surface area contributed by atoms with Crippen LogP contribution in [0.4, 0.5) is 0 Å². The van der Waals surface area contributed by atoms with Gasteiger partial charge in [-0.3, -0.25) is 0 Å². The number of hydrogen-bond acceptors (Lipinski definition) is 2. The Kier molecular flexibility index (Phi) is 3.73. The molecule has 2 atom stereocenters. The highest BCUT2D eigenvalue weighted by atomic mass is 14.9. The maximum atomic E-state index is 6.44. The second-order valence-corrected chi connectivity index (χ2v) is 5.38. The molecule has 98 valence electrons. The maximum Gasteiger partial charge on any atom is 0.0481 e. The molecule has 0 saturated carbocycles. The van der Waals surface area contributed by atoms with E-state index in [1.54, 1.807) is 0 Å². The first-order valence-corrected chi connectivity index (χ1v) is 6.55. The molecule has 1 aromatic heterocycles. The number of benzene rings is 1. The molecule has 2 unspecified atom stereocenters. The van der Waals surface area contributed by atoms with E-state index < -0.39 is 0 Å². The third-order valence-electron chi connectivity index (χ3n) is 3.88. The quantitative estimate of drug-likeness (QED) is 0.869. The average molecular weight is 245 g/mol. The molecule has 0 aliphatic carbocycles. The molecule has 1 aromatic carbocycles. The van der Waals surface area contributed by atoms with Crippen LogP contribution in [-0.4, -0.2) is 11.1 Å². The van der Waals surface area contributed by atoms with Gasteiger partial charge in [-0.25, -0.2) is 0 Å². The SMILES string of the molecule is CC(C)C(CN)C(N)c1cn(C)c2ccccc12. The lowest BCUT2D eigenvalue weighted by Gasteiger charge is -2.25. The van der Waals surface area contributed by atoms with Crippen molar-refractivity contribution in [3.63, 3.8) is 0 Å². The Morgan fingerprint density at radius 3 is 2.50 bits per heavy atom. The van der Waals surface area contributed by atoms with Crippen LogP contribution >= 0.6 is 0 Å². The summed E-state index contributed by atoms with van der Waals surface area (Å²) in [5, 5.41) is 1.24. The summed E-state index contributed by atoms with van der Waals surface area (Å²) in [5.41, 5.74) is 14.7. The van der Waals surface area contributed by atoms with Crippen molar-refractivity contribution in [2.45, 2.75) is 19.9 Å². The molecule has 0 amide bonds. The van der Waals surface area contributed by atoms with Crippen LogP contribution in [0.2, 0.25) is 0 Å². The summed E-state index contributed by atoms with van der Waals surface area (Å²) in [7, 11) is 2.06. The van der Waals surface area contributed by atoms with E-state index in [9.17, 15) is 0 Å². The van der Waals surface area contributed by atoms with Gasteiger partial charge in [-0.15, -0.1) is 0 Å². The lowest BCUT2D eigenvalue weighted by atomic mass is 9.85. The molecule has 3 nitrogen and oxygen atoms in total. The van der Waals surface area contributed by atoms with Crippen LogP contribution in [0.3, 0.4) is 0 Å². The summed E-state index contributed by atoms with van der Waals surface area (Å²) in [5.74, 6) is 0.805. The van der Waals surface area contributed by atoms with Crippen LogP contribution in [0.1, 0.15) is 25.5 Å². The summed E-state index contributed by atoms with van der Waals surface area (Å²) in [6.45, 7) is 4.99. The zero-order valence-corrected chi connectivity index (χ0v) is 11.4. The van der Waals surface area contributed by atoms with Crippen molar-refractivity contribution >= 4 is 10.9 Å². The van der Waals surface area contributed by atoms with Crippen LogP contribution in [0.15, 0.2) is 30.5 Å². The Labute approximate surface area is 109 Å². The van der Waals surface area contributed by atoms with E-state index in [2.05, 4.69) is 55.9 Å². The van der Waals surface area contributed by atoms with Crippen molar-refractivity contribution < 1.29 is 0 Å². The monoisotopic (exact) mass is 245 g/mol. The van der Waals surface area contributed by atoms with E-state index in [1.165, 1.54) is 16.5 Å². The smallest absolute Gasteiger partial charge is 0.0481 e. The number of fused-ring (bicyclic) bond motifs is 1. The minimum atomic E-state index is 0.00102. The van der Waals surface area contributed by atoms with Crippen molar-refractivity contribution in [1.82, 2.24) is 4.57 Å². The zero-order valence-electron chi connectivity index (χ0n) is 11.4. The van der Waals surface area contributed by atoms with Gasteiger partial charge >= 0.3 is 0 Å². The van der Waals surface area contributed by atoms with Gasteiger partial charge < -0.3 is 16.0 Å². The third kappa shape index (κ3) is 2.16. The molecule has 0 aliphatic rings. The van der Waals surface area contributed by atoms with Crippen LogP contribution in [0.5, 0.6) is 0 Å². The van der Waals surface area contributed by atoms with Gasteiger partial charge in [0.25, 0.3) is 0 Å². The van der Waals surface area contributed by atoms with Crippen LogP contribution in [-0.2, 0) is 7.05 Å². The first-order valence-electron chi connectivity index (χ1n) is 6.55. The second kappa shape index (κ2) is 5.12. The van der Waals surface area contributed by atoms with Gasteiger partial charge in [0.05, 0.1) is 0 Å². The Morgan fingerprint density at radius 1 is 1.22 bits per heavy atom. The fraction of sp³-hybridized carbons (Fsp3) is 0.467. The van der Waals surface area contributed by atoms with Crippen LogP contribution < -0.4 is 11.5 Å². The molecule has 0 radical (unpaired) electrons. The van der Waals surface area contributed by atoms with Crippen LogP contribution in [0, 0.1) is 11.8 Å². The maximum absolute atomic E-state index is 6.44. The molecule has 0 bridgehead atoms. The largest absolute Gasteiger partial charge is 0.350 e. The van der Waals surface area contributed by atoms with Crippen molar-refractivity contribution in [1.29, 1.82) is 0 Å². The van der Waals surface area contributed by atoms with E-state index in [0.717, 1.165) is 0 Å².